The normalized spacial score (nSPS) is 19.5. The fraction of sp³-hybridized carbons (Fsp3) is 0.259. The van der Waals surface area contributed by atoms with E-state index in [2.05, 4.69) is 5.32 Å². The molecule has 1 saturated heterocycles. The molecule has 0 saturated carbocycles. The van der Waals surface area contributed by atoms with Gasteiger partial charge in [-0.1, -0.05) is 29.8 Å². The van der Waals surface area contributed by atoms with Gasteiger partial charge in [0.1, 0.15) is 5.69 Å². The van der Waals surface area contributed by atoms with E-state index in [0.717, 1.165) is 5.57 Å². The number of amides is 3. The Morgan fingerprint density at radius 1 is 0.886 bits per heavy atom. The van der Waals surface area contributed by atoms with Crippen molar-refractivity contribution in [3.8, 4) is 5.69 Å². The van der Waals surface area contributed by atoms with Crippen LogP contribution in [0.2, 0.25) is 0 Å². The van der Waals surface area contributed by atoms with Gasteiger partial charge in [-0.05, 0) is 63.1 Å². The number of carbonyl (C=O) groups excluding carboxylic acids is 3. The van der Waals surface area contributed by atoms with Crippen molar-refractivity contribution >= 4 is 29.1 Å². The molecule has 1 N–H and O–H groups in total. The van der Waals surface area contributed by atoms with Crippen LogP contribution >= 0.6 is 0 Å². The van der Waals surface area contributed by atoms with Gasteiger partial charge in [0.2, 0.25) is 11.8 Å². The Morgan fingerprint density at radius 3 is 2.23 bits per heavy atom. The molecule has 1 aliphatic carbocycles. The highest BCUT2D eigenvalue weighted by molar-refractivity contribution is 6.22. The lowest BCUT2D eigenvalue weighted by Crippen LogP contribution is -2.31. The molecule has 2 heterocycles. The Hall–Kier alpha value is -4.20. The van der Waals surface area contributed by atoms with Gasteiger partial charge in [-0.25, -0.2) is 4.68 Å². The van der Waals surface area contributed by atoms with E-state index >= 15 is 0 Å². The van der Waals surface area contributed by atoms with Crippen LogP contribution in [0.5, 0.6) is 0 Å². The number of rotatable bonds is 4. The summed E-state index contributed by atoms with van der Waals surface area (Å²) in [6.07, 6.45) is 3.21. The molecule has 5 rings (SSSR count). The van der Waals surface area contributed by atoms with E-state index in [1.165, 1.54) is 9.58 Å². The first-order valence-corrected chi connectivity index (χ1v) is 11.6. The van der Waals surface area contributed by atoms with Crippen molar-refractivity contribution in [2.75, 3.05) is 10.2 Å². The third kappa shape index (κ3) is 3.71. The van der Waals surface area contributed by atoms with Crippen molar-refractivity contribution in [1.29, 1.82) is 0 Å². The SMILES string of the molecule is CC1=CC[C@@H]2C(=O)N(c3ccc(C(=O)Nc4c(C)n(C)n(-c5ccccc5)c4=O)cc3)C(=O)[C@@H]2C1. The molecule has 1 aromatic heterocycles. The van der Waals surface area contributed by atoms with Gasteiger partial charge in [-0.3, -0.25) is 28.8 Å². The summed E-state index contributed by atoms with van der Waals surface area (Å²) in [5, 5.41) is 2.73. The number of carbonyl (C=O) groups is 3. The molecule has 0 radical (unpaired) electrons. The third-order valence-corrected chi connectivity index (χ3v) is 7.00. The second-order valence-electron chi connectivity index (χ2n) is 9.15. The van der Waals surface area contributed by atoms with Crippen molar-refractivity contribution in [3.63, 3.8) is 0 Å². The molecule has 8 nitrogen and oxygen atoms in total. The van der Waals surface area contributed by atoms with Crippen LogP contribution in [0.15, 0.2) is 71.0 Å². The van der Waals surface area contributed by atoms with Crippen LogP contribution in [-0.4, -0.2) is 27.1 Å². The van der Waals surface area contributed by atoms with Crippen LogP contribution in [0.4, 0.5) is 11.4 Å². The number of anilines is 2. The van der Waals surface area contributed by atoms with Gasteiger partial charge in [-0.2, -0.15) is 0 Å². The quantitative estimate of drug-likeness (QED) is 0.466. The zero-order chi connectivity index (χ0) is 24.9. The maximum Gasteiger partial charge on any atom is 0.295 e. The van der Waals surface area contributed by atoms with E-state index in [-0.39, 0.29) is 34.9 Å². The van der Waals surface area contributed by atoms with Crippen molar-refractivity contribution in [1.82, 2.24) is 9.36 Å². The molecule has 2 aromatic carbocycles. The van der Waals surface area contributed by atoms with Crippen LogP contribution in [-0.2, 0) is 16.6 Å². The number of hydrogen-bond donors (Lipinski definition) is 1. The molecular formula is C27H26N4O4. The zero-order valence-electron chi connectivity index (χ0n) is 19.8. The molecule has 1 fully saturated rings. The van der Waals surface area contributed by atoms with E-state index in [1.54, 1.807) is 42.9 Å². The van der Waals surface area contributed by atoms with Gasteiger partial charge >= 0.3 is 0 Å². The molecule has 3 amide bonds. The average Bonchev–Trinajstić information content (AvgIpc) is 3.23. The molecule has 0 bridgehead atoms. The van der Waals surface area contributed by atoms with Gasteiger partial charge in [0.05, 0.1) is 28.9 Å². The van der Waals surface area contributed by atoms with E-state index in [1.807, 2.05) is 43.3 Å². The van der Waals surface area contributed by atoms with E-state index in [4.69, 9.17) is 0 Å². The summed E-state index contributed by atoms with van der Waals surface area (Å²) in [6.45, 7) is 3.74. The van der Waals surface area contributed by atoms with Gasteiger partial charge in [0, 0.05) is 12.6 Å². The molecular weight excluding hydrogens is 444 g/mol. The average molecular weight is 471 g/mol. The number of aromatic nitrogens is 2. The molecule has 1 aliphatic heterocycles. The van der Waals surface area contributed by atoms with Gasteiger partial charge < -0.3 is 5.32 Å². The number of allylic oxidation sites excluding steroid dienone is 2. The minimum atomic E-state index is -0.449. The van der Waals surface area contributed by atoms with Crippen molar-refractivity contribution in [2.45, 2.75) is 26.7 Å². The third-order valence-electron chi connectivity index (χ3n) is 7.00. The fourth-order valence-electron chi connectivity index (χ4n) is 4.95. The number of hydrogen-bond acceptors (Lipinski definition) is 4. The number of fused-ring (bicyclic) bond motifs is 1. The second-order valence-corrected chi connectivity index (χ2v) is 9.15. The van der Waals surface area contributed by atoms with Crippen LogP contribution in [0.25, 0.3) is 5.69 Å². The summed E-state index contributed by atoms with van der Waals surface area (Å²) >= 11 is 0. The lowest BCUT2D eigenvalue weighted by atomic mass is 9.82. The highest BCUT2D eigenvalue weighted by Crippen LogP contribution is 2.39. The van der Waals surface area contributed by atoms with E-state index < -0.39 is 5.91 Å². The lowest BCUT2D eigenvalue weighted by molar-refractivity contribution is -0.122. The summed E-state index contributed by atoms with van der Waals surface area (Å²) < 4.78 is 3.19. The lowest BCUT2D eigenvalue weighted by Gasteiger charge is -2.18. The first-order chi connectivity index (χ1) is 16.8. The number of benzene rings is 2. The Kier molecular flexibility index (Phi) is 5.51. The highest BCUT2D eigenvalue weighted by atomic mass is 16.2. The van der Waals surface area contributed by atoms with Crippen LogP contribution in [0.3, 0.4) is 0 Å². The number of nitrogens with zero attached hydrogens (tertiary/aromatic N) is 3. The molecule has 2 atom stereocenters. The molecule has 178 valence electrons. The molecule has 2 aliphatic rings. The summed E-state index contributed by atoms with van der Waals surface area (Å²) in [6, 6.07) is 15.5. The Labute approximate surface area is 202 Å². The Bertz CT molecular complexity index is 1430. The predicted octanol–water partition coefficient (Wildman–Crippen LogP) is 3.58. The number of para-hydroxylation sites is 1. The van der Waals surface area contributed by atoms with E-state index in [9.17, 15) is 19.2 Å². The predicted molar refractivity (Wildman–Crippen MR) is 133 cm³/mol. The van der Waals surface area contributed by atoms with Crippen LogP contribution in [0, 0.1) is 18.8 Å². The van der Waals surface area contributed by atoms with Gasteiger partial charge in [0.15, 0.2) is 0 Å². The zero-order valence-corrected chi connectivity index (χ0v) is 19.8. The first-order valence-electron chi connectivity index (χ1n) is 11.6. The molecule has 3 aromatic rings. The fourth-order valence-corrected chi connectivity index (χ4v) is 4.95. The largest absolute Gasteiger partial charge is 0.316 e. The van der Waals surface area contributed by atoms with Crippen molar-refractivity contribution in [2.24, 2.45) is 18.9 Å². The molecule has 8 heteroatoms. The van der Waals surface area contributed by atoms with Crippen LogP contribution in [0.1, 0.15) is 35.8 Å². The number of nitrogens with one attached hydrogen (secondary N) is 1. The smallest absolute Gasteiger partial charge is 0.295 e. The first kappa shape index (κ1) is 22.6. The summed E-state index contributed by atoms with van der Waals surface area (Å²) in [5.41, 5.74) is 3.07. The monoisotopic (exact) mass is 470 g/mol. The van der Waals surface area contributed by atoms with Crippen molar-refractivity contribution < 1.29 is 14.4 Å². The Balaban J connectivity index is 1.37. The molecule has 0 spiro atoms. The topological polar surface area (TPSA) is 93.4 Å². The van der Waals surface area contributed by atoms with Gasteiger partial charge in [0.25, 0.3) is 11.5 Å². The maximum absolute atomic E-state index is 13.1. The molecule has 0 unspecified atom stereocenters. The maximum atomic E-state index is 13.1. The second kappa shape index (κ2) is 8.54. The van der Waals surface area contributed by atoms with Crippen molar-refractivity contribution in [3.05, 3.63) is 87.9 Å². The standard InChI is InChI=1S/C27H26N4O4/c1-16-9-14-21-22(15-16)26(34)30(25(21)33)19-12-10-18(11-13-19)24(32)28-23-17(2)29(3)31(27(23)35)20-7-5-4-6-8-20/h4-13,21-22H,14-15H2,1-3H3,(H,28,32)/t21-,22+/m0/s1. The van der Waals surface area contributed by atoms with Gasteiger partial charge in [-0.15, -0.1) is 0 Å². The Morgan fingerprint density at radius 2 is 1.54 bits per heavy atom. The summed E-state index contributed by atoms with van der Waals surface area (Å²) in [5.74, 6) is -1.46. The van der Waals surface area contributed by atoms with E-state index in [0.29, 0.717) is 35.5 Å². The summed E-state index contributed by atoms with van der Waals surface area (Å²) in [7, 11) is 1.76. The minimum absolute atomic E-state index is 0.189. The van der Waals surface area contributed by atoms with Crippen LogP contribution < -0.4 is 15.8 Å². The molecule has 35 heavy (non-hydrogen) atoms. The number of imide groups is 1. The highest BCUT2D eigenvalue weighted by Gasteiger charge is 2.48. The summed E-state index contributed by atoms with van der Waals surface area (Å²) in [4.78, 5) is 53.1. The minimum Gasteiger partial charge on any atom is -0.316 e.